The van der Waals surface area contributed by atoms with Crippen LogP contribution in [0.4, 0.5) is 0 Å². The molecule has 17 heavy (non-hydrogen) atoms. The fraction of sp³-hybridized carbons (Fsp3) is 0.625. The first-order chi connectivity index (χ1) is 8.31. The lowest BCUT2D eigenvalue weighted by molar-refractivity contribution is 0.418. The molecular formula is C16H25N. The van der Waals surface area contributed by atoms with Crippen molar-refractivity contribution in [3.05, 3.63) is 35.9 Å². The minimum Gasteiger partial charge on any atom is -0.313 e. The van der Waals surface area contributed by atoms with Crippen molar-refractivity contribution in [1.82, 2.24) is 5.32 Å². The van der Waals surface area contributed by atoms with Gasteiger partial charge in [-0.05, 0) is 36.8 Å². The van der Waals surface area contributed by atoms with Crippen molar-refractivity contribution in [2.75, 3.05) is 6.54 Å². The van der Waals surface area contributed by atoms with Gasteiger partial charge in [-0.25, -0.2) is 0 Å². The first kappa shape index (κ1) is 12.6. The molecule has 3 atom stereocenters. The van der Waals surface area contributed by atoms with Crippen LogP contribution < -0.4 is 5.32 Å². The van der Waals surface area contributed by atoms with E-state index in [1.807, 2.05) is 0 Å². The number of hydrogen-bond donors (Lipinski definition) is 1. The van der Waals surface area contributed by atoms with Gasteiger partial charge in [0, 0.05) is 6.04 Å². The zero-order valence-electron chi connectivity index (χ0n) is 11.2. The topological polar surface area (TPSA) is 12.0 Å². The first-order valence-corrected chi connectivity index (χ1v) is 7.09. The van der Waals surface area contributed by atoms with Crippen LogP contribution >= 0.6 is 0 Å². The predicted molar refractivity (Wildman–Crippen MR) is 74.3 cm³/mol. The summed E-state index contributed by atoms with van der Waals surface area (Å²) in [4.78, 5) is 0. The Morgan fingerprint density at radius 1 is 1.24 bits per heavy atom. The van der Waals surface area contributed by atoms with Gasteiger partial charge < -0.3 is 5.32 Å². The molecule has 2 rings (SSSR count). The summed E-state index contributed by atoms with van der Waals surface area (Å²) in [6, 6.07) is 11.7. The van der Waals surface area contributed by atoms with Crippen molar-refractivity contribution < 1.29 is 0 Å². The molecule has 0 spiro atoms. The second-order valence-electron chi connectivity index (χ2n) is 5.48. The van der Waals surface area contributed by atoms with Gasteiger partial charge in [-0.2, -0.15) is 0 Å². The van der Waals surface area contributed by atoms with Gasteiger partial charge in [-0.1, -0.05) is 57.0 Å². The Morgan fingerprint density at radius 2 is 2.00 bits per heavy atom. The second-order valence-corrected chi connectivity index (χ2v) is 5.48. The molecule has 0 aromatic heterocycles. The van der Waals surface area contributed by atoms with Gasteiger partial charge in [0.2, 0.25) is 0 Å². The van der Waals surface area contributed by atoms with Crippen LogP contribution in [0.1, 0.15) is 51.0 Å². The quantitative estimate of drug-likeness (QED) is 0.809. The van der Waals surface area contributed by atoms with Gasteiger partial charge >= 0.3 is 0 Å². The van der Waals surface area contributed by atoms with Crippen LogP contribution in [-0.4, -0.2) is 12.6 Å². The van der Waals surface area contributed by atoms with E-state index in [0.29, 0.717) is 6.04 Å². The first-order valence-electron chi connectivity index (χ1n) is 7.09. The molecule has 0 radical (unpaired) electrons. The Hall–Kier alpha value is -0.820. The third-order valence-electron chi connectivity index (χ3n) is 4.17. The molecule has 1 fully saturated rings. The summed E-state index contributed by atoms with van der Waals surface area (Å²) in [5.74, 6) is 1.53. The Bertz CT molecular complexity index is 320. The normalized spacial score (nSPS) is 26.0. The molecule has 1 heteroatoms. The monoisotopic (exact) mass is 231 g/mol. The average molecular weight is 231 g/mol. The minimum absolute atomic E-state index is 0.700. The standard InChI is InChI=1S/C16H25N/c1-3-13(2)12-17-16-11-7-10-15(16)14-8-5-4-6-9-14/h4-6,8-9,13,15-17H,3,7,10-12H2,1-2H3/t13-,15+,16-/m0/s1. The second kappa shape index (κ2) is 6.20. The molecule has 1 aliphatic carbocycles. The summed E-state index contributed by atoms with van der Waals surface area (Å²) in [5, 5.41) is 3.78. The van der Waals surface area contributed by atoms with E-state index in [1.54, 1.807) is 0 Å². The molecule has 0 unspecified atom stereocenters. The van der Waals surface area contributed by atoms with Crippen molar-refractivity contribution in [2.24, 2.45) is 5.92 Å². The average Bonchev–Trinajstić information content (AvgIpc) is 2.85. The van der Waals surface area contributed by atoms with E-state index in [4.69, 9.17) is 0 Å². The van der Waals surface area contributed by atoms with Crippen molar-refractivity contribution >= 4 is 0 Å². The van der Waals surface area contributed by atoms with Crippen LogP contribution in [-0.2, 0) is 0 Å². The van der Waals surface area contributed by atoms with Crippen LogP contribution in [0.5, 0.6) is 0 Å². The lowest BCUT2D eigenvalue weighted by atomic mass is 9.94. The fourth-order valence-electron chi connectivity index (χ4n) is 2.80. The SMILES string of the molecule is CC[C@H](C)CN[C@H]1CCC[C@@H]1c1ccccc1. The largest absolute Gasteiger partial charge is 0.313 e. The van der Waals surface area contributed by atoms with Gasteiger partial charge in [0.05, 0.1) is 0 Å². The van der Waals surface area contributed by atoms with E-state index in [0.717, 1.165) is 11.8 Å². The Labute approximate surface area is 106 Å². The molecule has 0 aliphatic heterocycles. The Balaban J connectivity index is 1.93. The summed E-state index contributed by atoms with van der Waals surface area (Å²) in [7, 11) is 0. The lowest BCUT2D eigenvalue weighted by Gasteiger charge is -2.23. The smallest absolute Gasteiger partial charge is 0.0136 e. The summed E-state index contributed by atoms with van der Waals surface area (Å²) in [5.41, 5.74) is 1.52. The molecule has 1 saturated carbocycles. The Morgan fingerprint density at radius 3 is 2.71 bits per heavy atom. The number of benzene rings is 1. The van der Waals surface area contributed by atoms with Crippen LogP contribution in [0.3, 0.4) is 0 Å². The lowest BCUT2D eigenvalue weighted by Crippen LogP contribution is -2.34. The highest BCUT2D eigenvalue weighted by Crippen LogP contribution is 2.34. The van der Waals surface area contributed by atoms with Crippen molar-refractivity contribution in [3.8, 4) is 0 Å². The number of rotatable bonds is 5. The molecule has 0 saturated heterocycles. The maximum absolute atomic E-state index is 3.78. The van der Waals surface area contributed by atoms with E-state index < -0.39 is 0 Å². The number of nitrogens with one attached hydrogen (secondary N) is 1. The highest BCUT2D eigenvalue weighted by atomic mass is 14.9. The Kier molecular flexibility index (Phi) is 4.61. The van der Waals surface area contributed by atoms with Crippen molar-refractivity contribution in [2.45, 2.75) is 51.5 Å². The fourth-order valence-corrected chi connectivity index (χ4v) is 2.80. The molecule has 0 bridgehead atoms. The van der Waals surface area contributed by atoms with Crippen LogP contribution in [0, 0.1) is 5.92 Å². The third kappa shape index (κ3) is 3.32. The van der Waals surface area contributed by atoms with Gasteiger partial charge in [-0.15, -0.1) is 0 Å². The molecule has 1 aliphatic rings. The van der Waals surface area contributed by atoms with Crippen LogP contribution in [0.15, 0.2) is 30.3 Å². The van der Waals surface area contributed by atoms with E-state index in [-0.39, 0.29) is 0 Å². The highest BCUT2D eigenvalue weighted by molar-refractivity contribution is 5.22. The minimum atomic E-state index is 0.700. The van der Waals surface area contributed by atoms with E-state index >= 15 is 0 Å². The zero-order valence-corrected chi connectivity index (χ0v) is 11.2. The van der Waals surface area contributed by atoms with E-state index in [9.17, 15) is 0 Å². The van der Waals surface area contributed by atoms with Gasteiger partial charge in [-0.3, -0.25) is 0 Å². The van der Waals surface area contributed by atoms with Crippen molar-refractivity contribution in [1.29, 1.82) is 0 Å². The summed E-state index contributed by atoms with van der Waals surface area (Å²) >= 11 is 0. The van der Waals surface area contributed by atoms with E-state index in [1.165, 1.54) is 37.8 Å². The van der Waals surface area contributed by atoms with Crippen LogP contribution in [0.2, 0.25) is 0 Å². The molecule has 1 nitrogen and oxygen atoms in total. The molecule has 1 N–H and O–H groups in total. The maximum atomic E-state index is 3.78. The van der Waals surface area contributed by atoms with Crippen LogP contribution in [0.25, 0.3) is 0 Å². The number of hydrogen-bond acceptors (Lipinski definition) is 1. The molecule has 0 amide bonds. The zero-order chi connectivity index (χ0) is 12.1. The third-order valence-corrected chi connectivity index (χ3v) is 4.17. The molecule has 94 valence electrons. The van der Waals surface area contributed by atoms with Gasteiger partial charge in [0.1, 0.15) is 0 Å². The van der Waals surface area contributed by atoms with Gasteiger partial charge in [0.25, 0.3) is 0 Å². The van der Waals surface area contributed by atoms with Gasteiger partial charge in [0.15, 0.2) is 0 Å². The summed E-state index contributed by atoms with van der Waals surface area (Å²) in [6.07, 6.45) is 5.34. The molecule has 1 aromatic rings. The van der Waals surface area contributed by atoms with E-state index in [2.05, 4.69) is 49.5 Å². The molecule has 0 heterocycles. The van der Waals surface area contributed by atoms with Crippen molar-refractivity contribution in [3.63, 3.8) is 0 Å². The summed E-state index contributed by atoms with van der Waals surface area (Å²) < 4.78 is 0. The molecule has 1 aromatic carbocycles. The highest BCUT2D eigenvalue weighted by Gasteiger charge is 2.27. The predicted octanol–water partition coefficient (Wildman–Crippen LogP) is 3.96. The maximum Gasteiger partial charge on any atom is 0.0136 e. The molecular weight excluding hydrogens is 206 g/mol. The summed E-state index contributed by atoms with van der Waals surface area (Å²) in [6.45, 7) is 5.78.